The summed E-state index contributed by atoms with van der Waals surface area (Å²) < 4.78 is 5.24. The molecular weight excluding hydrogens is 202 g/mol. The molecule has 2 atom stereocenters. The zero-order chi connectivity index (χ0) is 11.0. The number of cyclic esters (lactones) is 1. The SMILES string of the molecule is O=C1N[C@@H](C2=C=CC=C2)[C@@H](C2=C=CC=C2)O1. The van der Waals surface area contributed by atoms with Gasteiger partial charge in [0.25, 0.3) is 0 Å². The van der Waals surface area contributed by atoms with E-state index in [9.17, 15) is 4.79 Å². The maximum Gasteiger partial charge on any atom is 0.408 e. The molecular formula is C13H9NO2. The lowest BCUT2D eigenvalue weighted by atomic mass is 9.98. The lowest BCUT2D eigenvalue weighted by Crippen LogP contribution is -2.33. The molecule has 0 aromatic heterocycles. The fourth-order valence-electron chi connectivity index (χ4n) is 1.96. The van der Waals surface area contributed by atoms with Crippen LogP contribution >= 0.6 is 0 Å². The van der Waals surface area contributed by atoms with Crippen LogP contribution < -0.4 is 5.32 Å². The van der Waals surface area contributed by atoms with Crippen LogP contribution in [0.1, 0.15) is 0 Å². The summed E-state index contributed by atoms with van der Waals surface area (Å²) in [5, 5.41) is 2.78. The predicted molar refractivity (Wildman–Crippen MR) is 58.7 cm³/mol. The van der Waals surface area contributed by atoms with E-state index in [4.69, 9.17) is 4.74 Å². The molecule has 0 aromatic rings. The Bertz CT molecular complexity index is 490. The lowest BCUT2D eigenvalue weighted by Gasteiger charge is -2.15. The minimum Gasteiger partial charge on any atom is -0.438 e. The van der Waals surface area contributed by atoms with Crippen LogP contribution in [0.4, 0.5) is 4.79 Å². The van der Waals surface area contributed by atoms with Gasteiger partial charge in [-0.1, -0.05) is 12.2 Å². The van der Waals surface area contributed by atoms with Crippen LogP contribution in [0.15, 0.2) is 59.1 Å². The third-order valence-electron chi connectivity index (χ3n) is 2.70. The van der Waals surface area contributed by atoms with E-state index in [1.807, 2.05) is 36.5 Å². The summed E-state index contributed by atoms with van der Waals surface area (Å²) in [6, 6.07) is -0.166. The summed E-state index contributed by atoms with van der Waals surface area (Å²) in [4.78, 5) is 11.3. The van der Waals surface area contributed by atoms with Crippen LogP contribution in [-0.2, 0) is 4.74 Å². The largest absolute Gasteiger partial charge is 0.438 e. The summed E-state index contributed by atoms with van der Waals surface area (Å²) in [6.45, 7) is 0. The zero-order valence-corrected chi connectivity index (χ0v) is 8.44. The highest BCUT2D eigenvalue weighted by Gasteiger charge is 2.38. The van der Waals surface area contributed by atoms with Gasteiger partial charge in [-0.3, -0.25) is 0 Å². The zero-order valence-electron chi connectivity index (χ0n) is 8.44. The van der Waals surface area contributed by atoms with Gasteiger partial charge in [-0.2, -0.15) is 0 Å². The van der Waals surface area contributed by atoms with E-state index in [1.165, 1.54) is 0 Å². The van der Waals surface area contributed by atoms with Crippen molar-refractivity contribution >= 4 is 6.09 Å². The molecule has 16 heavy (non-hydrogen) atoms. The number of allylic oxidation sites excluding steroid dienone is 2. The van der Waals surface area contributed by atoms with Crippen LogP contribution in [0.2, 0.25) is 0 Å². The average Bonchev–Trinajstić information content (AvgIpc) is 2.98. The molecule has 1 N–H and O–H groups in total. The van der Waals surface area contributed by atoms with Crippen LogP contribution in [0, 0.1) is 0 Å². The maximum absolute atomic E-state index is 11.3. The number of carbonyl (C=O) groups excluding carboxylic acids is 1. The van der Waals surface area contributed by atoms with Crippen molar-refractivity contribution in [1.29, 1.82) is 0 Å². The van der Waals surface area contributed by atoms with Crippen molar-refractivity contribution in [3.63, 3.8) is 0 Å². The molecule has 1 fully saturated rings. The van der Waals surface area contributed by atoms with Gasteiger partial charge < -0.3 is 10.1 Å². The van der Waals surface area contributed by atoms with E-state index >= 15 is 0 Å². The lowest BCUT2D eigenvalue weighted by molar-refractivity contribution is 0.152. The highest BCUT2D eigenvalue weighted by molar-refractivity contribution is 5.73. The Balaban J connectivity index is 1.94. The molecule has 0 unspecified atom stereocenters. The third-order valence-corrected chi connectivity index (χ3v) is 2.70. The first-order valence-electron chi connectivity index (χ1n) is 5.08. The van der Waals surface area contributed by atoms with Gasteiger partial charge in [-0.15, -0.1) is 11.5 Å². The first-order valence-corrected chi connectivity index (χ1v) is 5.08. The molecule has 0 radical (unpaired) electrons. The highest BCUT2D eigenvalue weighted by Crippen LogP contribution is 2.25. The van der Waals surface area contributed by atoms with E-state index in [1.54, 1.807) is 0 Å². The molecule has 78 valence electrons. The summed E-state index contributed by atoms with van der Waals surface area (Å²) in [5.41, 5.74) is 7.97. The number of rotatable bonds is 2. The Morgan fingerprint density at radius 2 is 1.81 bits per heavy atom. The van der Waals surface area contributed by atoms with Crippen molar-refractivity contribution in [1.82, 2.24) is 5.32 Å². The van der Waals surface area contributed by atoms with E-state index in [-0.39, 0.29) is 18.2 Å². The van der Waals surface area contributed by atoms with Gasteiger partial charge in [0.15, 0.2) is 6.10 Å². The smallest absolute Gasteiger partial charge is 0.408 e. The Labute approximate surface area is 92.8 Å². The van der Waals surface area contributed by atoms with Gasteiger partial charge in [0, 0.05) is 11.1 Å². The minimum absolute atomic E-state index is 0.166. The van der Waals surface area contributed by atoms with E-state index in [0.29, 0.717) is 0 Å². The quantitative estimate of drug-likeness (QED) is 0.707. The Morgan fingerprint density at radius 3 is 2.44 bits per heavy atom. The monoisotopic (exact) mass is 211 g/mol. The summed E-state index contributed by atoms with van der Waals surface area (Å²) >= 11 is 0. The summed E-state index contributed by atoms with van der Waals surface area (Å²) in [6.07, 6.45) is 10.6. The molecule has 1 aliphatic heterocycles. The minimum atomic E-state index is -0.390. The molecule has 3 nitrogen and oxygen atoms in total. The van der Waals surface area contributed by atoms with Gasteiger partial charge in [-0.05, 0) is 24.3 Å². The number of hydrogen-bond acceptors (Lipinski definition) is 2. The topological polar surface area (TPSA) is 38.3 Å². The van der Waals surface area contributed by atoms with Crippen molar-refractivity contribution in [2.45, 2.75) is 12.1 Å². The van der Waals surface area contributed by atoms with Crippen molar-refractivity contribution in [2.24, 2.45) is 0 Å². The standard InChI is InChI=1S/C13H9NO2/c15-13-14-11(9-5-1-2-6-9)12(16-13)10-7-3-4-8-10/h1-5,7,11-12H,(H,14,15)/t11-,12+/m0/s1. The molecule has 0 spiro atoms. The molecule has 1 heterocycles. The first kappa shape index (κ1) is 9.05. The van der Waals surface area contributed by atoms with Crippen LogP contribution in [-0.4, -0.2) is 18.2 Å². The normalized spacial score (nSPS) is 29.4. The Morgan fingerprint density at radius 1 is 1.12 bits per heavy atom. The second-order valence-corrected chi connectivity index (χ2v) is 3.70. The number of carbonyl (C=O) groups is 1. The molecule has 2 aliphatic carbocycles. The molecule has 1 amide bonds. The number of ether oxygens (including phenoxy) is 1. The summed E-state index contributed by atoms with van der Waals surface area (Å²) in [5.74, 6) is 0. The van der Waals surface area contributed by atoms with Crippen molar-refractivity contribution < 1.29 is 9.53 Å². The number of hydrogen-bond donors (Lipinski definition) is 1. The Hall–Kier alpha value is -2.21. The van der Waals surface area contributed by atoms with Gasteiger partial charge in [0.05, 0.1) is 0 Å². The van der Waals surface area contributed by atoms with Crippen LogP contribution in [0.25, 0.3) is 0 Å². The highest BCUT2D eigenvalue weighted by atomic mass is 16.6. The van der Waals surface area contributed by atoms with Crippen molar-refractivity contribution in [3.8, 4) is 0 Å². The van der Waals surface area contributed by atoms with Crippen molar-refractivity contribution in [3.05, 3.63) is 59.1 Å². The molecule has 0 bridgehead atoms. The Kier molecular flexibility index (Phi) is 1.94. The maximum atomic E-state index is 11.3. The fourth-order valence-corrected chi connectivity index (χ4v) is 1.96. The fraction of sp³-hybridized carbons (Fsp3) is 0.154. The molecule has 0 aromatic carbocycles. The van der Waals surface area contributed by atoms with Crippen LogP contribution in [0.5, 0.6) is 0 Å². The molecule has 3 aliphatic rings. The summed E-state index contributed by atoms with van der Waals surface area (Å²) in [7, 11) is 0. The van der Waals surface area contributed by atoms with Crippen molar-refractivity contribution in [2.75, 3.05) is 0 Å². The average molecular weight is 211 g/mol. The number of alkyl carbamates (subject to hydrolysis) is 1. The van der Waals surface area contributed by atoms with Gasteiger partial charge >= 0.3 is 6.09 Å². The second-order valence-electron chi connectivity index (χ2n) is 3.70. The number of amides is 1. The molecule has 0 saturated carbocycles. The molecule has 1 saturated heterocycles. The van der Waals surface area contributed by atoms with E-state index in [0.717, 1.165) is 11.1 Å². The third kappa shape index (κ3) is 1.36. The first-order chi connectivity index (χ1) is 7.84. The molecule has 3 rings (SSSR count). The van der Waals surface area contributed by atoms with E-state index in [2.05, 4.69) is 16.8 Å². The van der Waals surface area contributed by atoms with Gasteiger partial charge in [-0.25, -0.2) is 4.79 Å². The number of nitrogens with one attached hydrogen (secondary N) is 1. The van der Waals surface area contributed by atoms with Gasteiger partial charge in [0.2, 0.25) is 0 Å². The van der Waals surface area contributed by atoms with Crippen LogP contribution in [0.3, 0.4) is 0 Å². The second kappa shape index (κ2) is 3.42. The van der Waals surface area contributed by atoms with Gasteiger partial charge in [0.1, 0.15) is 6.04 Å². The molecule has 3 heteroatoms. The van der Waals surface area contributed by atoms with E-state index < -0.39 is 0 Å². The predicted octanol–water partition coefficient (Wildman–Crippen LogP) is 1.77.